The number of carbonyl (C=O) groups is 1. The van der Waals surface area contributed by atoms with E-state index in [1.807, 2.05) is 24.3 Å². The number of aromatic nitrogens is 3. The summed E-state index contributed by atoms with van der Waals surface area (Å²) in [5, 5.41) is 7.74. The molecular weight excluding hydrogens is 384 g/mol. The van der Waals surface area contributed by atoms with E-state index in [0.29, 0.717) is 31.8 Å². The molecule has 1 unspecified atom stereocenters. The van der Waals surface area contributed by atoms with Crippen LogP contribution in [0.4, 0.5) is 0 Å². The van der Waals surface area contributed by atoms with Crippen LogP contribution in [-0.2, 0) is 29.0 Å². The van der Waals surface area contributed by atoms with Gasteiger partial charge in [0.25, 0.3) is 0 Å². The summed E-state index contributed by atoms with van der Waals surface area (Å²) in [6.07, 6.45) is 4.72. The molecule has 3 heterocycles. The number of methoxy groups -OCH3 is 1. The van der Waals surface area contributed by atoms with Crippen molar-refractivity contribution in [1.29, 1.82) is 0 Å². The van der Waals surface area contributed by atoms with Gasteiger partial charge in [-0.3, -0.25) is 9.36 Å². The molecule has 1 aromatic carbocycles. The number of aryl methyl sites for hydroxylation is 1. The molecule has 2 aliphatic rings. The van der Waals surface area contributed by atoms with Crippen LogP contribution in [0, 0.1) is 5.92 Å². The Morgan fingerprint density at radius 1 is 1.27 bits per heavy atom. The molecule has 1 N–H and O–H groups in total. The lowest BCUT2D eigenvalue weighted by atomic mass is 9.96. The molecule has 4 rings (SSSR count). The molecule has 162 valence electrons. The van der Waals surface area contributed by atoms with Crippen molar-refractivity contribution in [2.75, 3.05) is 20.3 Å². The number of hydrogen-bond donors (Lipinski definition) is 1. The van der Waals surface area contributed by atoms with Gasteiger partial charge in [0.05, 0.1) is 13.7 Å². The highest BCUT2D eigenvalue weighted by Crippen LogP contribution is 2.19. The van der Waals surface area contributed by atoms with Crippen molar-refractivity contribution in [2.24, 2.45) is 5.92 Å². The summed E-state index contributed by atoms with van der Waals surface area (Å²) in [7, 11) is 1.63. The maximum Gasteiger partial charge on any atom is 0.346 e. The van der Waals surface area contributed by atoms with Gasteiger partial charge in [-0.15, -0.1) is 0 Å². The summed E-state index contributed by atoms with van der Waals surface area (Å²) < 4.78 is 13.9. The van der Waals surface area contributed by atoms with Crippen molar-refractivity contribution in [3.8, 4) is 5.75 Å². The number of ether oxygens (including phenoxy) is 2. The molecular formula is C22H30N4O4. The molecule has 8 heteroatoms. The molecule has 0 aliphatic carbocycles. The number of amides is 1. The van der Waals surface area contributed by atoms with Gasteiger partial charge in [0, 0.05) is 38.6 Å². The lowest BCUT2D eigenvalue weighted by Crippen LogP contribution is -2.37. The third-order valence-corrected chi connectivity index (χ3v) is 6.06. The van der Waals surface area contributed by atoms with E-state index in [2.05, 4.69) is 10.4 Å². The highest BCUT2D eigenvalue weighted by molar-refractivity contribution is 5.76. The first-order chi connectivity index (χ1) is 14.6. The topological polar surface area (TPSA) is 87.4 Å². The Labute approximate surface area is 176 Å². The number of benzene rings is 1. The molecule has 2 aromatic rings. The van der Waals surface area contributed by atoms with Gasteiger partial charge in [0.2, 0.25) is 5.91 Å². The van der Waals surface area contributed by atoms with Crippen LogP contribution >= 0.6 is 0 Å². The maximum absolute atomic E-state index is 12.8. The van der Waals surface area contributed by atoms with E-state index in [9.17, 15) is 9.59 Å². The van der Waals surface area contributed by atoms with E-state index in [4.69, 9.17) is 9.47 Å². The van der Waals surface area contributed by atoms with Gasteiger partial charge in [-0.25, -0.2) is 9.48 Å². The van der Waals surface area contributed by atoms with Crippen LogP contribution in [0.15, 0.2) is 29.1 Å². The summed E-state index contributed by atoms with van der Waals surface area (Å²) in [6, 6.07) is 7.76. The van der Waals surface area contributed by atoms with E-state index >= 15 is 0 Å². The molecule has 1 atom stereocenters. The van der Waals surface area contributed by atoms with Gasteiger partial charge >= 0.3 is 5.69 Å². The first-order valence-electron chi connectivity index (χ1n) is 10.8. The quantitative estimate of drug-likeness (QED) is 0.778. The number of rotatable bonds is 6. The summed E-state index contributed by atoms with van der Waals surface area (Å²) in [5.74, 6) is 2.09. The Morgan fingerprint density at radius 2 is 2.10 bits per heavy atom. The molecule has 0 spiro atoms. The van der Waals surface area contributed by atoms with Crippen molar-refractivity contribution < 1.29 is 14.3 Å². The summed E-state index contributed by atoms with van der Waals surface area (Å²) in [6.45, 7) is 2.50. The maximum atomic E-state index is 12.8. The van der Waals surface area contributed by atoms with Gasteiger partial charge in [0.1, 0.15) is 11.6 Å². The standard InChI is InChI=1S/C22H30N4O4/c1-29-19-4-2-3-17(13-19)15-26-22(28)25-10-7-18(5-6-20(25)24-26)23-21(27)14-16-8-11-30-12-9-16/h2-4,13,16,18H,5-12,14-15H2,1H3,(H,23,27). The molecule has 1 amide bonds. The molecule has 2 aliphatic heterocycles. The second-order valence-electron chi connectivity index (χ2n) is 8.21. The van der Waals surface area contributed by atoms with Crippen LogP contribution in [0.1, 0.15) is 43.5 Å². The molecule has 1 fully saturated rings. The van der Waals surface area contributed by atoms with Crippen molar-refractivity contribution in [1.82, 2.24) is 19.7 Å². The van der Waals surface area contributed by atoms with Gasteiger partial charge in [0.15, 0.2) is 0 Å². The average Bonchev–Trinajstić information content (AvgIpc) is 2.92. The van der Waals surface area contributed by atoms with Crippen LogP contribution in [0.3, 0.4) is 0 Å². The zero-order chi connectivity index (χ0) is 20.9. The second kappa shape index (κ2) is 9.47. The van der Waals surface area contributed by atoms with Crippen molar-refractivity contribution in [2.45, 2.75) is 57.7 Å². The van der Waals surface area contributed by atoms with E-state index < -0.39 is 0 Å². The average molecular weight is 415 g/mol. The van der Waals surface area contributed by atoms with E-state index in [0.717, 1.165) is 56.0 Å². The summed E-state index contributed by atoms with van der Waals surface area (Å²) >= 11 is 0. The zero-order valence-corrected chi connectivity index (χ0v) is 17.5. The molecule has 8 nitrogen and oxygen atoms in total. The van der Waals surface area contributed by atoms with Crippen LogP contribution in [-0.4, -0.2) is 46.6 Å². The summed E-state index contributed by atoms with van der Waals surface area (Å²) in [4.78, 5) is 25.3. The third kappa shape index (κ3) is 4.92. The van der Waals surface area contributed by atoms with Crippen LogP contribution in [0.5, 0.6) is 5.75 Å². The Bertz CT molecular complexity index is 929. The molecule has 0 radical (unpaired) electrons. The molecule has 30 heavy (non-hydrogen) atoms. The third-order valence-electron chi connectivity index (χ3n) is 6.06. The smallest absolute Gasteiger partial charge is 0.346 e. The van der Waals surface area contributed by atoms with Gasteiger partial charge < -0.3 is 14.8 Å². The van der Waals surface area contributed by atoms with Crippen molar-refractivity contribution in [3.05, 3.63) is 46.1 Å². The Kier molecular flexibility index (Phi) is 6.52. The fourth-order valence-electron chi connectivity index (χ4n) is 4.32. The normalized spacial score (nSPS) is 19.7. The minimum Gasteiger partial charge on any atom is -0.497 e. The number of carbonyl (C=O) groups excluding carboxylic acids is 1. The minimum absolute atomic E-state index is 0.0882. The van der Waals surface area contributed by atoms with E-state index in [-0.39, 0.29) is 17.6 Å². The number of hydrogen-bond acceptors (Lipinski definition) is 5. The zero-order valence-electron chi connectivity index (χ0n) is 17.5. The van der Waals surface area contributed by atoms with E-state index in [1.165, 1.54) is 4.68 Å². The second-order valence-corrected chi connectivity index (χ2v) is 8.21. The summed E-state index contributed by atoms with van der Waals surface area (Å²) in [5.41, 5.74) is 0.880. The lowest BCUT2D eigenvalue weighted by Gasteiger charge is -2.23. The fourth-order valence-corrected chi connectivity index (χ4v) is 4.32. The number of fused-ring (bicyclic) bond motifs is 1. The Morgan fingerprint density at radius 3 is 2.90 bits per heavy atom. The lowest BCUT2D eigenvalue weighted by molar-refractivity contribution is -0.123. The first-order valence-corrected chi connectivity index (χ1v) is 10.8. The van der Waals surface area contributed by atoms with Gasteiger partial charge in [-0.1, -0.05) is 12.1 Å². The van der Waals surface area contributed by atoms with Crippen molar-refractivity contribution >= 4 is 5.91 Å². The fraction of sp³-hybridized carbons (Fsp3) is 0.591. The number of nitrogens with one attached hydrogen (secondary N) is 1. The largest absolute Gasteiger partial charge is 0.497 e. The van der Waals surface area contributed by atoms with Gasteiger partial charge in [-0.05, 0) is 49.3 Å². The Balaban J connectivity index is 1.35. The predicted molar refractivity (Wildman–Crippen MR) is 112 cm³/mol. The van der Waals surface area contributed by atoms with Crippen molar-refractivity contribution in [3.63, 3.8) is 0 Å². The minimum atomic E-state index is -0.0954. The molecule has 0 bridgehead atoms. The first kappa shape index (κ1) is 20.7. The van der Waals surface area contributed by atoms with Gasteiger partial charge in [-0.2, -0.15) is 5.10 Å². The SMILES string of the molecule is COc1cccc(Cn2nc3n(c2=O)CCC(NC(=O)CC2CCOCC2)CC3)c1. The van der Waals surface area contributed by atoms with E-state index in [1.54, 1.807) is 11.7 Å². The van der Waals surface area contributed by atoms with Crippen LogP contribution in [0.25, 0.3) is 0 Å². The molecule has 1 aromatic heterocycles. The number of nitrogens with zero attached hydrogens (tertiary/aromatic N) is 3. The molecule has 0 saturated carbocycles. The molecule has 1 saturated heterocycles. The predicted octanol–water partition coefficient (Wildman–Crippen LogP) is 1.74. The highest BCUT2D eigenvalue weighted by Gasteiger charge is 2.24. The highest BCUT2D eigenvalue weighted by atomic mass is 16.5. The van der Waals surface area contributed by atoms with Crippen LogP contribution in [0.2, 0.25) is 0 Å². The van der Waals surface area contributed by atoms with Crippen LogP contribution < -0.4 is 15.7 Å². The Hall–Kier alpha value is -2.61. The monoisotopic (exact) mass is 414 g/mol.